The van der Waals surface area contributed by atoms with E-state index in [1.807, 2.05) is 0 Å². The van der Waals surface area contributed by atoms with Gasteiger partial charge in [-0.05, 0) is 12.1 Å². The number of rotatable bonds is 2. The molecule has 0 aliphatic heterocycles. The summed E-state index contributed by atoms with van der Waals surface area (Å²) >= 11 is 0. The van der Waals surface area contributed by atoms with Gasteiger partial charge >= 0.3 is 0 Å². The van der Waals surface area contributed by atoms with E-state index in [4.69, 9.17) is 10.5 Å². The molecule has 0 unspecified atom stereocenters. The summed E-state index contributed by atoms with van der Waals surface area (Å²) in [6.07, 6.45) is 0. The largest absolute Gasteiger partial charge is 0.508 e. The van der Waals surface area contributed by atoms with Gasteiger partial charge < -0.3 is 15.6 Å². The summed E-state index contributed by atoms with van der Waals surface area (Å²) < 4.78 is 5.14. The first-order valence-electron chi connectivity index (χ1n) is 4.39. The highest BCUT2D eigenvalue weighted by molar-refractivity contribution is 5.70. The average molecular weight is 205 g/mol. The number of aromatic amines is 1. The van der Waals surface area contributed by atoms with E-state index in [1.54, 1.807) is 18.2 Å². The Hall–Kier alpha value is -2.17. The standard InChI is InChI=1S/C10H11N3O2/c1-15-9-4-6(14)2-3-7(9)8-5-10(11)13-12-8/h2-5,14H,1H3,(H3,11,12,13). The van der Waals surface area contributed by atoms with Crippen molar-refractivity contribution in [3.05, 3.63) is 24.3 Å². The van der Waals surface area contributed by atoms with E-state index >= 15 is 0 Å². The van der Waals surface area contributed by atoms with Gasteiger partial charge in [0.05, 0.1) is 12.8 Å². The van der Waals surface area contributed by atoms with Crippen molar-refractivity contribution in [3.63, 3.8) is 0 Å². The number of hydrogen-bond donors (Lipinski definition) is 3. The molecule has 1 aromatic carbocycles. The number of phenolic OH excluding ortho intramolecular Hbond substituents is 1. The second-order valence-corrected chi connectivity index (χ2v) is 3.09. The Morgan fingerprint density at radius 2 is 2.20 bits per heavy atom. The Morgan fingerprint density at radius 1 is 1.40 bits per heavy atom. The molecule has 5 nitrogen and oxygen atoms in total. The van der Waals surface area contributed by atoms with Crippen molar-refractivity contribution in [2.24, 2.45) is 0 Å². The fraction of sp³-hybridized carbons (Fsp3) is 0.100. The molecule has 2 aromatic rings. The number of aromatic hydroxyl groups is 1. The molecule has 0 atom stereocenters. The highest BCUT2D eigenvalue weighted by Crippen LogP contribution is 2.32. The number of anilines is 1. The molecular formula is C10H11N3O2. The molecule has 0 fully saturated rings. The van der Waals surface area contributed by atoms with Gasteiger partial charge in [0.25, 0.3) is 0 Å². The number of aromatic nitrogens is 2. The minimum absolute atomic E-state index is 0.156. The van der Waals surface area contributed by atoms with Crippen LogP contribution < -0.4 is 10.5 Å². The third kappa shape index (κ3) is 1.71. The van der Waals surface area contributed by atoms with Gasteiger partial charge in [-0.3, -0.25) is 5.10 Å². The summed E-state index contributed by atoms with van der Waals surface area (Å²) in [6, 6.07) is 6.55. The lowest BCUT2D eigenvalue weighted by Gasteiger charge is -2.06. The Morgan fingerprint density at radius 3 is 2.80 bits per heavy atom. The first kappa shape index (κ1) is 9.39. The van der Waals surface area contributed by atoms with Crippen molar-refractivity contribution >= 4 is 5.82 Å². The molecule has 0 saturated carbocycles. The Bertz CT molecular complexity index is 479. The topological polar surface area (TPSA) is 84.2 Å². The molecule has 0 aliphatic rings. The molecule has 78 valence electrons. The van der Waals surface area contributed by atoms with Crippen LogP contribution in [-0.4, -0.2) is 22.4 Å². The van der Waals surface area contributed by atoms with Crippen LogP contribution in [0, 0.1) is 0 Å². The maximum atomic E-state index is 9.29. The summed E-state index contributed by atoms with van der Waals surface area (Å²) in [5.74, 6) is 1.14. The zero-order valence-corrected chi connectivity index (χ0v) is 8.19. The summed E-state index contributed by atoms with van der Waals surface area (Å²) in [7, 11) is 1.54. The van der Waals surface area contributed by atoms with Crippen LogP contribution in [0.1, 0.15) is 0 Å². The number of hydrogen-bond acceptors (Lipinski definition) is 4. The van der Waals surface area contributed by atoms with Crippen molar-refractivity contribution in [2.75, 3.05) is 12.8 Å². The summed E-state index contributed by atoms with van der Waals surface area (Å²) in [4.78, 5) is 0. The number of nitrogens with two attached hydrogens (primary N) is 1. The van der Waals surface area contributed by atoms with Crippen LogP contribution in [-0.2, 0) is 0 Å². The lowest BCUT2D eigenvalue weighted by molar-refractivity contribution is 0.409. The van der Waals surface area contributed by atoms with Crippen LogP contribution in [0.2, 0.25) is 0 Å². The molecule has 0 saturated heterocycles. The molecule has 15 heavy (non-hydrogen) atoms. The monoisotopic (exact) mass is 205 g/mol. The Balaban J connectivity index is 2.52. The summed E-state index contributed by atoms with van der Waals surface area (Å²) in [5, 5.41) is 15.9. The van der Waals surface area contributed by atoms with E-state index in [2.05, 4.69) is 10.2 Å². The van der Waals surface area contributed by atoms with Gasteiger partial charge in [-0.15, -0.1) is 0 Å². The van der Waals surface area contributed by atoms with Crippen molar-refractivity contribution in [2.45, 2.75) is 0 Å². The van der Waals surface area contributed by atoms with E-state index in [-0.39, 0.29) is 5.75 Å². The maximum Gasteiger partial charge on any atom is 0.145 e. The number of ether oxygens (including phenoxy) is 1. The maximum absolute atomic E-state index is 9.29. The Labute approximate surface area is 86.5 Å². The van der Waals surface area contributed by atoms with E-state index in [0.717, 1.165) is 11.3 Å². The van der Waals surface area contributed by atoms with Gasteiger partial charge in [-0.2, -0.15) is 5.10 Å². The van der Waals surface area contributed by atoms with Gasteiger partial charge in [-0.1, -0.05) is 0 Å². The third-order valence-corrected chi connectivity index (χ3v) is 2.07. The summed E-state index contributed by atoms with van der Waals surface area (Å²) in [6.45, 7) is 0. The highest BCUT2D eigenvalue weighted by atomic mass is 16.5. The number of nitrogens with zero attached hydrogens (tertiary/aromatic N) is 1. The molecule has 5 heteroatoms. The molecule has 4 N–H and O–H groups in total. The lowest BCUT2D eigenvalue weighted by Crippen LogP contribution is -1.87. The number of benzene rings is 1. The van der Waals surface area contributed by atoms with Crippen LogP contribution in [0.25, 0.3) is 11.3 Å². The summed E-state index contributed by atoms with van der Waals surface area (Å²) in [5.41, 5.74) is 7.06. The van der Waals surface area contributed by atoms with Gasteiger partial charge in [0.15, 0.2) is 0 Å². The van der Waals surface area contributed by atoms with Crippen molar-refractivity contribution in [1.82, 2.24) is 10.2 Å². The van der Waals surface area contributed by atoms with Crippen LogP contribution in [0.5, 0.6) is 11.5 Å². The van der Waals surface area contributed by atoms with Gasteiger partial charge in [0.1, 0.15) is 17.3 Å². The number of nitrogens with one attached hydrogen (secondary N) is 1. The van der Waals surface area contributed by atoms with Crippen LogP contribution >= 0.6 is 0 Å². The average Bonchev–Trinajstić information content (AvgIpc) is 2.64. The van der Waals surface area contributed by atoms with Gasteiger partial charge in [0.2, 0.25) is 0 Å². The number of nitrogen functional groups attached to an aromatic ring is 1. The zero-order valence-electron chi connectivity index (χ0n) is 8.19. The van der Waals surface area contributed by atoms with E-state index in [9.17, 15) is 5.11 Å². The highest BCUT2D eigenvalue weighted by Gasteiger charge is 2.08. The predicted octanol–water partition coefficient (Wildman–Crippen LogP) is 1.37. The molecule has 0 aliphatic carbocycles. The molecule has 1 heterocycles. The fourth-order valence-electron chi connectivity index (χ4n) is 1.38. The van der Waals surface area contributed by atoms with Crippen molar-refractivity contribution < 1.29 is 9.84 Å². The number of H-pyrrole nitrogens is 1. The SMILES string of the molecule is COc1cc(O)ccc1-c1cc(N)n[nH]1. The molecule has 2 rings (SSSR count). The predicted molar refractivity (Wildman–Crippen MR) is 56.7 cm³/mol. The van der Waals surface area contributed by atoms with Crippen molar-refractivity contribution in [3.8, 4) is 22.8 Å². The van der Waals surface area contributed by atoms with Gasteiger partial charge in [0, 0.05) is 17.7 Å². The molecular weight excluding hydrogens is 194 g/mol. The van der Waals surface area contributed by atoms with E-state index in [0.29, 0.717) is 11.6 Å². The van der Waals surface area contributed by atoms with Crippen LogP contribution in [0.3, 0.4) is 0 Å². The molecule has 0 amide bonds. The quantitative estimate of drug-likeness (QED) is 0.691. The molecule has 0 spiro atoms. The third-order valence-electron chi connectivity index (χ3n) is 2.07. The number of methoxy groups -OCH3 is 1. The number of phenols is 1. The minimum atomic E-state index is 0.156. The molecule has 0 radical (unpaired) electrons. The second-order valence-electron chi connectivity index (χ2n) is 3.09. The minimum Gasteiger partial charge on any atom is -0.508 e. The van der Waals surface area contributed by atoms with E-state index < -0.39 is 0 Å². The second kappa shape index (κ2) is 3.53. The van der Waals surface area contributed by atoms with Crippen molar-refractivity contribution in [1.29, 1.82) is 0 Å². The zero-order chi connectivity index (χ0) is 10.8. The van der Waals surface area contributed by atoms with Gasteiger partial charge in [-0.25, -0.2) is 0 Å². The first-order valence-corrected chi connectivity index (χ1v) is 4.39. The normalized spacial score (nSPS) is 10.2. The lowest BCUT2D eigenvalue weighted by atomic mass is 10.1. The fourth-order valence-corrected chi connectivity index (χ4v) is 1.38. The van der Waals surface area contributed by atoms with Crippen LogP contribution in [0.4, 0.5) is 5.82 Å². The smallest absolute Gasteiger partial charge is 0.145 e. The first-order chi connectivity index (χ1) is 7.20. The molecule has 1 aromatic heterocycles. The van der Waals surface area contributed by atoms with Crippen LogP contribution in [0.15, 0.2) is 24.3 Å². The van der Waals surface area contributed by atoms with E-state index in [1.165, 1.54) is 13.2 Å². The Kier molecular flexibility index (Phi) is 2.21. The molecule has 0 bridgehead atoms.